The molecule has 5 nitrogen and oxygen atoms in total. The normalized spacial score (nSPS) is 12.2. The summed E-state index contributed by atoms with van der Waals surface area (Å²) in [5.41, 5.74) is 2.38. The van der Waals surface area contributed by atoms with Crippen LogP contribution in [0.25, 0.3) is 22.0 Å². The lowest BCUT2D eigenvalue weighted by atomic mass is 10.1. The van der Waals surface area contributed by atoms with Crippen molar-refractivity contribution in [2.75, 3.05) is 0 Å². The van der Waals surface area contributed by atoms with Gasteiger partial charge in [0, 0.05) is 28.9 Å². The minimum Gasteiger partial charge on any atom is -0.478 e. The monoisotopic (exact) mass is 380 g/mol. The van der Waals surface area contributed by atoms with E-state index < -0.39 is 22.9 Å². The van der Waals surface area contributed by atoms with E-state index in [-0.39, 0.29) is 5.56 Å². The van der Waals surface area contributed by atoms with Gasteiger partial charge in [0.15, 0.2) is 11.0 Å². The topological polar surface area (TPSA) is 72.2 Å². The van der Waals surface area contributed by atoms with Crippen LogP contribution in [0.15, 0.2) is 78.0 Å². The first-order chi connectivity index (χ1) is 13.0. The number of carboxylic acids is 1. The van der Waals surface area contributed by atoms with Gasteiger partial charge in [-0.1, -0.05) is 18.2 Å². The number of nitrogens with zero attached hydrogens (tertiary/aromatic N) is 2. The number of hydrogen-bond donors (Lipinski definition) is 1. The Bertz CT molecular complexity index is 1170. The van der Waals surface area contributed by atoms with Crippen LogP contribution in [0.2, 0.25) is 0 Å². The minimum atomic E-state index is -1.57. The standard InChI is InChI=1S/C20H13FN2O3S/c21-19-10-7-14(11-22-19)17-12-23(18-4-2-1-3-16(17)18)27(26)15-8-5-13(6-9-15)20(24)25/h1-12H,(H,24,25). The van der Waals surface area contributed by atoms with Gasteiger partial charge in [0.2, 0.25) is 5.95 Å². The second-order valence-corrected chi connectivity index (χ2v) is 7.20. The first kappa shape index (κ1) is 17.1. The molecule has 0 spiro atoms. The molecule has 27 heavy (non-hydrogen) atoms. The van der Waals surface area contributed by atoms with Gasteiger partial charge in [0.25, 0.3) is 0 Å². The van der Waals surface area contributed by atoms with Crippen molar-refractivity contribution < 1.29 is 18.5 Å². The zero-order chi connectivity index (χ0) is 19.0. The third kappa shape index (κ3) is 3.13. The van der Waals surface area contributed by atoms with Crippen LogP contribution in [-0.4, -0.2) is 24.2 Å². The van der Waals surface area contributed by atoms with E-state index in [1.165, 1.54) is 36.5 Å². The van der Waals surface area contributed by atoms with E-state index >= 15 is 0 Å². The predicted octanol–water partition coefficient (Wildman–Crippen LogP) is 4.11. The number of carbonyl (C=O) groups is 1. The van der Waals surface area contributed by atoms with Gasteiger partial charge in [-0.2, -0.15) is 4.39 Å². The summed E-state index contributed by atoms with van der Waals surface area (Å²) >= 11 is 0. The summed E-state index contributed by atoms with van der Waals surface area (Å²) in [5.74, 6) is -1.60. The van der Waals surface area contributed by atoms with E-state index in [9.17, 15) is 13.4 Å². The van der Waals surface area contributed by atoms with Crippen LogP contribution in [0.5, 0.6) is 0 Å². The zero-order valence-corrected chi connectivity index (χ0v) is 14.7. The fourth-order valence-electron chi connectivity index (χ4n) is 2.88. The number of benzene rings is 2. The third-order valence-electron chi connectivity index (χ3n) is 4.20. The van der Waals surface area contributed by atoms with Gasteiger partial charge in [-0.05, 0) is 42.5 Å². The van der Waals surface area contributed by atoms with Gasteiger partial charge < -0.3 is 5.11 Å². The van der Waals surface area contributed by atoms with Crippen LogP contribution in [0.3, 0.4) is 0 Å². The van der Waals surface area contributed by atoms with E-state index in [0.29, 0.717) is 10.5 Å². The summed E-state index contributed by atoms with van der Waals surface area (Å²) in [6.07, 6.45) is 3.17. The molecule has 1 N–H and O–H groups in total. The van der Waals surface area contributed by atoms with Crippen LogP contribution < -0.4 is 0 Å². The molecule has 0 saturated carbocycles. The Balaban J connectivity index is 1.83. The van der Waals surface area contributed by atoms with Crippen LogP contribution in [0, 0.1) is 5.95 Å². The van der Waals surface area contributed by atoms with Gasteiger partial charge >= 0.3 is 5.97 Å². The van der Waals surface area contributed by atoms with Crippen molar-refractivity contribution >= 4 is 27.9 Å². The average Bonchev–Trinajstić information content (AvgIpc) is 3.08. The molecule has 0 amide bonds. The molecule has 1 atom stereocenters. The van der Waals surface area contributed by atoms with Crippen molar-refractivity contribution in [1.29, 1.82) is 0 Å². The fraction of sp³-hybridized carbons (Fsp3) is 0. The Morgan fingerprint density at radius 2 is 1.78 bits per heavy atom. The molecule has 4 rings (SSSR count). The number of fused-ring (bicyclic) bond motifs is 1. The smallest absolute Gasteiger partial charge is 0.335 e. The van der Waals surface area contributed by atoms with Crippen LogP contribution >= 0.6 is 0 Å². The second-order valence-electron chi connectivity index (χ2n) is 5.83. The van der Waals surface area contributed by atoms with Crippen LogP contribution in [-0.2, 0) is 11.0 Å². The van der Waals surface area contributed by atoms with Crippen molar-refractivity contribution in [3.05, 3.63) is 84.6 Å². The van der Waals surface area contributed by atoms with E-state index in [1.54, 1.807) is 16.2 Å². The summed E-state index contributed by atoms with van der Waals surface area (Å²) in [6.45, 7) is 0. The molecular weight excluding hydrogens is 367 g/mol. The van der Waals surface area contributed by atoms with Crippen molar-refractivity contribution in [2.45, 2.75) is 4.90 Å². The zero-order valence-electron chi connectivity index (χ0n) is 13.9. The average molecular weight is 380 g/mol. The van der Waals surface area contributed by atoms with Gasteiger partial charge in [-0.25, -0.2) is 14.0 Å². The molecule has 0 bridgehead atoms. The number of rotatable bonds is 4. The Morgan fingerprint density at radius 1 is 1.04 bits per heavy atom. The first-order valence-corrected chi connectivity index (χ1v) is 9.13. The molecule has 0 fully saturated rings. The molecule has 134 valence electrons. The fourth-order valence-corrected chi connectivity index (χ4v) is 4.01. The largest absolute Gasteiger partial charge is 0.478 e. The lowest BCUT2D eigenvalue weighted by Gasteiger charge is -2.05. The molecule has 0 aliphatic heterocycles. The quantitative estimate of drug-likeness (QED) is 0.541. The number of hydrogen-bond acceptors (Lipinski definition) is 3. The molecule has 2 aromatic carbocycles. The lowest BCUT2D eigenvalue weighted by Crippen LogP contribution is -2.04. The molecule has 0 saturated heterocycles. The number of aromatic nitrogens is 2. The summed E-state index contributed by atoms with van der Waals surface area (Å²) in [5, 5.41) is 9.87. The molecule has 0 aliphatic rings. The van der Waals surface area contributed by atoms with E-state index in [2.05, 4.69) is 4.98 Å². The number of halogens is 1. The van der Waals surface area contributed by atoms with Crippen molar-refractivity contribution in [2.24, 2.45) is 0 Å². The summed E-state index contributed by atoms with van der Waals surface area (Å²) < 4.78 is 27.9. The Kier molecular flexibility index (Phi) is 4.29. The summed E-state index contributed by atoms with van der Waals surface area (Å²) in [6, 6.07) is 16.3. The molecular formula is C20H13FN2O3S. The molecule has 4 aromatic rings. The van der Waals surface area contributed by atoms with Gasteiger partial charge in [-0.15, -0.1) is 0 Å². The SMILES string of the molecule is O=C(O)c1ccc(S(=O)n2cc(-c3ccc(F)nc3)c3ccccc32)cc1. The minimum absolute atomic E-state index is 0.131. The maximum atomic E-state index is 13.2. The number of para-hydroxylation sites is 1. The highest BCUT2D eigenvalue weighted by Crippen LogP contribution is 2.31. The molecule has 0 aliphatic carbocycles. The molecule has 2 aromatic heterocycles. The van der Waals surface area contributed by atoms with E-state index in [1.807, 2.05) is 24.3 Å². The Hall–Kier alpha value is -3.32. The van der Waals surface area contributed by atoms with Crippen molar-refractivity contribution in [3.63, 3.8) is 0 Å². The highest BCUT2D eigenvalue weighted by Gasteiger charge is 2.16. The summed E-state index contributed by atoms with van der Waals surface area (Å²) in [7, 11) is -1.57. The van der Waals surface area contributed by atoms with Crippen molar-refractivity contribution in [1.82, 2.24) is 8.96 Å². The second kappa shape index (κ2) is 6.77. The van der Waals surface area contributed by atoms with Crippen LogP contribution in [0.4, 0.5) is 4.39 Å². The third-order valence-corrected chi connectivity index (χ3v) is 5.53. The lowest BCUT2D eigenvalue weighted by molar-refractivity contribution is 0.0697. The number of aromatic carboxylic acids is 1. The van der Waals surface area contributed by atoms with E-state index in [0.717, 1.165) is 16.5 Å². The molecule has 0 radical (unpaired) electrons. The first-order valence-electron chi connectivity index (χ1n) is 8.02. The van der Waals surface area contributed by atoms with Crippen LogP contribution in [0.1, 0.15) is 10.4 Å². The highest BCUT2D eigenvalue weighted by atomic mass is 32.2. The Morgan fingerprint density at radius 3 is 2.44 bits per heavy atom. The number of carboxylic acid groups (broad SMARTS) is 1. The van der Waals surface area contributed by atoms with Gasteiger partial charge in [-0.3, -0.25) is 3.97 Å². The maximum Gasteiger partial charge on any atom is 0.335 e. The Labute approximate surface area is 156 Å². The molecule has 1 unspecified atom stereocenters. The summed E-state index contributed by atoms with van der Waals surface area (Å²) in [4.78, 5) is 15.2. The predicted molar refractivity (Wildman–Crippen MR) is 100 cm³/mol. The highest BCUT2D eigenvalue weighted by molar-refractivity contribution is 7.83. The van der Waals surface area contributed by atoms with Crippen molar-refractivity contribution in [3.8, 4) is 11.1 Å². The number of pyridine rings is 1. The maximum absolute atomic E-state index is 13.2. The van der Waals surface area contributed by atoms with E-state index in [4.69, 9.17) is 5.11 Å². The molecule has 7 heteroatoms. The van der Waals surface area contributed by atoms with Gasteiger partial charge in [0.05, 0.1) is 16.0 Å². The molecule has 2 heterocycles. The van der Waals surface area contributed by atoms with Gasteiger partial charge in [0.1, 0.15) is 0 Å².